The van der Waals surface area contributed by atoms with Crippen LogP contribution in [0.4, 0.5) is 0 Å². The van der Waals surface area contributed by atoms with Crippen molar-refractivity contribution < 1.29 is 38.5 Å². The van der Waals surface area contributed by atoms with E-state index in [1.165, 1.54) is 7.11 Å². The first-order chi connectivity index (χ1) is 25.7. The van der Waals surface area contributed by atoms with Crippen molar-refractivity contribution in [1.29, 1.82) is 0 Å². The van der Waals surface area contributed by atoms with Gasteiger partial charge >= 0.3 is 5.97 Å². The van der Waals surface area contributed by atoms with Crippen molar-refractivity contribution in [2.24, 2.45) is 11.8 Å². The Morgan fingerprint density at radius 2 is 1.77 bits per heavy atom. The van der Waals surface area contributed by atoms with Crippen molar-refractivity contribution in [3.05, 3.63) is 97.1 Å². The molecule has 3 fully saturated rings. The highest BCUT2D eigenvalue weighted by atomic mass is 79.9. The van der Waals surface area contributed by atoms with Crippen molar-refractivity contribution >= 4 is 39.6 Å². The van der Waals surface area contributed by atoms with E-state index in [0.717, 1.165) is 18.4 Å². The molecule has 12 heteroatoms. The molecule has 1 spiro atoms. The van der Waals surface area contributed by atoms with Crippen molar-refractivity contribution in [3.63, 3.8) is 0 Å². The number of aliphatic hydroxyl groups is 1. The van der Waals surface area contributed by atoms with E-state index >= 15 is 0 Å². The number of carbonyl (C=O) groups excluding carboxylic acids is 4. The lowest BCUT2D eigenvalue weighted by Crippen LogP contribution is -2.56. The number of methoxy groups -OCH3 is 1. The summed E-state index contributed by atoms with van der Waals surface area (Å²) < 4.78 is 18.6. The minimum Gasteiger partial charge on any atom is -0.455 e. The Hall–Kier alpha value is -3.84. The standard InChI is InChI=1S/C41H52BrN3O8/c1-4-6-21-32(47)43-31(27-51-3)35(29-19-13-10-14-20-29)52-40(50)33-34-38(48)45(23-15-7-8-16-24-46)37(41(34)25-30(42)36(33)53-41)39(49)44(22-5-2)26-28-17-11-9-12-18-28/h4-5,9-14,17-20,30-31,33-37,46H,1-2,6-8,15-16,21-27H2,3H3,(H,43,47)/t30?,31-,33+,34-,35-,36+,37+,41-/m1/s1. The van der Waals surface area contributed by atoms with Gasteiger partial charge in [0.25, 0.3) is 0 Å². The van der Waals surface area contributed by atoms with Crippen LogP contribution in [0.5, 0.6) is 0 Å². The average Bonchev–Trinajstić information content (AvgIpc) is 3.76. The number of allylic oxidation sites excluding steroid dienone is 1. The number of amides is 3. The maximum absolute atomic E-state index is 14.8. The molecule has 3 aliphatic heterocycles. The van der Waals surface area contributed by atoms with Crippen LogP contribution in [-0.2, 0) is 39.9 Å². The Morgan fingerprint density at radius 1 is 1.08 bits per heavy atom. The number of hydrogen-bond donors (Lipinski definition) is 2. The molecule has 0 aromatic heterocycles. The summed E-state index contributed by atoms with van der Waals surface area (Å²) in [4.78, 5) is 60.1. The number of alkyl halides is 1. The molecule has 3 amide bonds. The van der Waals surface area contributed by atoms with Crippen molar-refractivity contribution in [3.8, 4) is 0 Å². The van der Waals surface area contributed by atoms with Crippen molar-refractivity contribution in [2.75, 3.05) is 33.4 Å². The summed E-state index contributed by atoms with van der Waals surface area (Å²) in [5.41, 5.74) is 0.310. The Kier molecular flexibility index (Phi) is 14.4. The number of fused-ring (bicyclic) bond motifs is 1. The lowest BCUT2D eigenvalue weighted by molar-refractivity contribution is -0.163. The number of aliphatic hydroxyl groups excluding tert-OH is 1. The summed E-state index contributed by atoms with van der Waals surface area (Å²) in [6.07, 6.45) is 5.53. The van der Waals surface area contributed by atoms with Gasteiger partial charge in [0, 0.05) is 44.6 Å². The number of benzene rings is 2. The van der Waals surface area contributed by atoms with Gasteiger partial charge in [0.2, 0.25) is 17.7 Å². The highest BCUT2D eigenvalue weighted by Gasteiger charge is 2.77. The summed E-state index contributed by atoms with van der Waals surface area (Å²) >= 11 is 3.76. The van der Waals surface area contributed by atoms with Gasteiger partial charge in [-0.3, -0.25) is 19.2 Å². The molecule has 3 aliphatic rings. The summed E-state index contributed by atoms with van der Waals surface area (Å²) in [6.45, 7) is 8.62. The largest absolute Gasteiger partial charge is 0.455 e. The van der Waals surface area contributed by atoms with Crippen LogP contribution in [0.15, 0.2) is 86.0 Å². The van der Waals surface area contributed by atoms with Gasteiger partial charge in [-0.2, -0.15) is 0 Å². The monoisotopic (exact) mass is 793 g/mol. The number of nitrogens with one attached hydrogen (secondary N) is 1. The summed E-state index contributed by atoms with van der Waals surface area (Å²) in [7, 11) is 1.51. The molecule has 3 heterocycles. The molecule has 2 N–H and O–H groups in total. The quantitative estimate of drug-likeness (QED) is 0.0791. The lowest BCUT2D eigenvalue weighted by Gasteiger charge is -2.37. The van der Waals surface area contributed by atoms with E-state index in [1.807, 2.05) is 60.7 Å². The van der Waals surface area contributed by atoms with Gasteiger partial charge in [0.1, 0.15) is 17.7 Å². The Balaban J connectivity index is 1.49. The van der Waals surface area contributed by atoms with Gasteiger partial charge in [0.15, 0.2) is 0 Å². The number of esters is 1. The normalized spacial score (nSPS) is 25.4. The van der Waals surface area contributed by atoms with Gasteiger partial charge < -0.3 is 34.4 Å². The zero-order valence-electron chi connectivity index (χ0n) is 30.4. The summed E-state index contributed by atoms with van der Waals surface area (Å²) in [5, 5.41) is 12.3. The molecule has 2 aromatic carbocycles. The van der Waals surface area contributed by atoms with Gasteiger partial charge in [-0.1, -0.05) is 102 Å². The summed E-state index contributed by atoms with van der Waals surface area (Å²) in [6, 6.07) is 17.1. The predicted octanol–water partition coefficient (Wildman–Crippen LogP) is 4.88. The Bertz CT molecular complexity index is 1580. The van der Waals surface area contributed by atoms with Crippen LogP contribution in [0.3, 0.4) is 0 Å². The van der Waals surface area contributed by atoms with Gasteiger partial charge in [-0.25, -0.2) is 0 Å². The number of halogens is 1. The van der Waals surface area contributed by atoms with Crippen LogP contribution in [-0.4, -0.2) is 101 Å². The fraction of sp³-hybridized carbons (Fsp3) is 0.512. The minimum absolute atomic E-state index is 0.0613. The number of carbonyl (C=O) groups is 4. The number of ether oxygens (including phenoxy) is 3. The molecule has 0 aliphatic carbocycles. The van der Waals surface area contributed by atoms with E-state index < -0.39 is 47.7 Å². The molecule has 8 atom stereocenters. The number of nitrogens with zero attached hydrogens (tertiary/aromatic N) is 2. The van der Waals surface area contributed by atoms with Gasteiger partial charge in [0.05, 0.1) is 30.6 Å². The van der Waals surface area contributed by atoms with E-state index in [9.17, 15) is 24.3 Å². The van der Waals surface area contributed by atoms with Crippen LogP contribution < -0.4 is 5.32 Å². The molecule has 1 unspecified atom stereocenters. The van der Waals surface area contributed by atoms with E-state index in [1.54, 1.807) is 22.0 Å². The van der Waals surface area contributed by atoms with Gasteiger partial charge in [-0.15, -0.1) is 13.2 Å². The van der Waals surface area contributed by atoms with E-state index in [4.69, 9.17) is 14.2 Å². The number of hydrogen-bond acceptors (Lipinski definition) is 8. The van der Waals surface area contributed by atoms with Crippen LogP contribution in [0, 0.1) is 11.8 Å². The molecule has 0 radical (unpaired) electrons. The first-order valence-electron chi connectivity index (χ1n) is 18.5. The third kappa shape index (κ3) is 8.94. The second-order valence-corrected chi connectivity index (χ2v) is 15.2. The van der Waals surface area contributed by atoms with E-state index in [2.05, 4.69) is 34.4 Å². The molecule has 286 valence electrons. The fourth-order valence-corrected chi connectivity index (χ4v) is 9.10. The topological polar surface area (TPSA) is 135 Å². The molecule has 2 aromatic rings. The van der Waals surface area contributed by atoms with Gasteiger partial charge in [-0.05, 0) is 36.8 Å². The third-order valence-electron chi connectivity index (χ3n) is 10.5. The maximum atomic E-state index is 14.8. The average molecular weight is 795 g/mol. The van der Waals surface area contributed by atoms with E-state index in [0.29, 0.717) is 44.3 Å². The number of rotatable bonds is 21. The second kappa shape index (κ2) is 19.0. The van der Waals surface area contributed by atoms with Crippen LogP contribution >= 0.6 is 15.9 Å². The molecule has 53 heavy (non-hydrogen) atoms. The first-order valence-corrected chi connectivity index (χ1v) is 19.4. The molecule has 11 nitrogen and oxygen atoms in total. The Labute approximate surface area is 320 Å². The van der Waals surface area contributed by atoms with Crippen LogP contribution in [0.1, 0.15) is 62.2 Å². The highest BCUT2D eigenvalue weighted by Crippen LogP contribution is 2.60. The second-order valence-electron chi connectivity index (χ2n) is 14.1. The first kappa shape index (κ1) is 40.3. The molecular weight excluding hydrogens is 742 g/mol. The minimum atomic E-state index is -1.27. The zero-order valence-corrected chi connectivity index (χ0v) is 32.0. The molecular formula is C41H52BrN3O8. The van der Waals surface area contributed by atoms with Crippen molar-refractivity contribution in [1.82, 2.24) is 15.1 Å². The molecule has 2 bridgehead atoms. The lowest BCUT2D eigenvalue weighted by atomic mass is 9.70. The third-order valence-corrected chi connectivity index (χ3v) is 11.3. The smallest absolute Gasteiger partial charge is 0.313 e. The molecule has 0 saturated carbocycles. The highest BCUT2D eigenvalue weighted by molar-refractivity contribution is 9.09. The zero-order chi connectivity index (χ0) is 38.0. The molecule has 3 saturated heterocycles. The van der Waals surface area contributed by atoms with Crippen LogP contribution in [0.2, 0.25) is 0 Å². The number of unbranched alkanes of at least 4 members (excludes halogenated alkanes) is 3. The molecule has 5 rings (SSSR count). The maximum Gasteiger partial charge on any atom is 0.313 e. The predicted molar refractivity (Wildman–Crippen MR) is 204 cm³/mol. The van der Waals surface area contributed by atoms with E-state index in [-0.39, 0.29) is 48.7 Å². The summed E-state index contributed by atoms with van der Waals surface area (Å²) in [5.74, 6) is -3.43. The number of likely N-dealkylation sites (tertiary alicyclic amines) is 1. The van der Waals surface area contributed by atoms with Crippen molar-refractivity contribution in [2.45, 2.75) is 86.2 Å². The van der Waals surface area contributed by atoms with Crippen LogP contribution in [0.25, 0.3) is 0 Å². The fourth-order valence-electron chi connectivity index (χ4n) is 8.16. The SMILES string of the molecule is C=CCCC(=O)N[C@H](COC)[C@H](OC(=O)[C@@H]1[C@H]2O[C@@]3(CC2Br)[C@H](C(=O)N(CC=C)Cc2ccccc2)N(CCCCCCO)C(=O)[C@@H]13)c1ccccc1. The Morgan fingerprint density at radius 3 is 2.43 bits per heavy atom.